The van der Waals surface area contributed by atoms with Crippen molar-refractivity contribution in [3.8, 4) is 5.75 Å². The van der Waals surface area contributed by atoms with E-state index in [2.05, 4.69) is 53.3 Å². The number of aryl methyl sites for hydroxylation is 2. The van der Waals surface area contributed by atoms with Gasteiger partial charge in [0.15, 0.2) is 6.61 Å². The van der Waals surface area contributed by atoms with Gasteiger partial charge in [0.2, 0.25) is 0 Å². The summed E-state index contributed by atoms with van der Waals surface area (Å²) >= 11 is 9.41. The molecule has 1 N–H and O–H groups in total. The number of hydrogen-bond acceptors (Lipinski definition) is 2. The van der Waals surface area contributed by atoms with Crippen molar-refractivity contribution in [3.63, 3.8) is 0 Å². The number of hydrogen-bond donors (Lipinski definition) is 1. The predicted octanol–water partition coefficient (Wildman–Crippen LogP) is 4.92. The van der Waals surface area contributed by atoms with Crippen LogP contribution in [0.4, 0.5) is 0 Å². The minimum Gasteiger partial charge on any atom is -0.482 e. The quantitative estimate of drug-likeness (QED) is 0.703. The fraction of sp³-hybridized carbons (Fsp3) is 0.316. The van der Waals surface area contributed by atoms with Gasteiger partial charge >= 0.3 is 0 Å². The molecule has 0 saturated carbocycles. The summed E-state index contributed by atoms with van der Waals surface area (Å²) in [5.74, 6) is 0.329. The van der Waals surface area contributed by atoms with Crippen LogP contribution in [0, 0.1) is 0 Å². The molecule has 0 unspecified atom stereocenters. The Morgan fingerprint density at radius 1 is 1.12 bits per heavy atom. The van der Waals surface area contributed by atoms with Gasteiger partial charge in [0.25, 0.3) is 5.91 Å². The minimum absolute atomic E-state index is 0.0592. The first kappa shape index (κ1) is 18.8. The topological polar surface area (TPSA) is 38.3 Å². The largest absolute Gasteiger partial charge is 0.482 e. The van der Waals surface area contributed by atoms with Gasteiger partial charge in [0, 0.05) is 11.0 Å². The van der Waals surface area contributed by atoms with Gasteiger partial charge in [-0.3, -0.25) is 4.79 Å². The number of nitrogens with one attached hydrogen (secondary N) is 1. The van der Waals surface area contributed by atoms with Crippen molar-refractivity contribution < 1.29 is 9.53 Å². The lowest BCUT2D eigenvalue weighted by Gasteiger charge is -2.12. The van der Waals surface area contributed by atoms with Gasteiger partial charge in [-0.05, 0) is 47.7 Å². The number of carbonyl (C=O) groups excluding carboxylic acids is 1. The highest BCUT2D eigenvalue weighted by molar-refractivity contribution is 9.10. The molecule has 5 heteroatoms. The second-order valence-corrected chi connectivity index (χ2v) is 6.77. The van der Waals surface area contributed by atoms with E-state index < -0.39 is 0 Å². The summed E-state index contributed by atoms with van der Waals surface area (Å²) in [4.78, 5) is 12.0. The lowest BCUT2D eigenvalue weighted by Crippen LogP contribution is -2.28. The molecule has 0 saturated heterocycles. The lowest BCUT2D eigenvalue weighted by atomic mass is 10.0. The Hall–Kier alpha value is -1.52. The van der Waals surface area contributed by atoms with Gasteiger partial charge in [-0.2, -0.15) is 0 Å². The van der Waals surface area contributed by atoms with E-state index >= 15 is 0 Å². The van der Waals surface area contributed by atoms with E-state index in [-0.39, 0.29) is 12.5 Å². The summed E-state index contributed by atoms with van der Waals surface area (Å²) in [5, 5.41) is 3.38. The summed E-state index contributed by atoms with van der Waals surface area (Å²) in [7, 11) is 0. The molecule has 0 aliphatic rings. The Labute approximate surface area is 156 Å². The van der Waals surface area contributed by atoms with Crippen molar-refractivity contribution in [1.82, 2.24) is 5.32 Å². The molecular formula is C19H21BrClNO2. The van der Waals surface area contributed by atoms with Crippen molar-refractivity contribution >= 4 is 33.4 Å². The zero-order valence-corrected chi connectivity index (χ0v) is 16.2. The monoisotopic (exact) mass is 409 g/mol. The van der Waals surface area contributed by atoms with E-state index in [1.165, 1.54) is 11.1 Å². The standard InChI is InChI=1S/C19H21BrClNO2/c1-3-13-5-6-14(4-2)15(9-13)11-22-19(23)12-24-18-8-7-16(20)10-17(18)21/h5-10H,3-4,11-12H2,1-2H3,(H,22,23). The van der Waals surface area contributed by atoms with E-state index in [1.807, 2.05) is 6.07 Å². The van der Waals surface area contributed by atoms with Gasteiger partial charge < -0.3 is 10.1 Å². The van der Waals surface area contributed by atoms with Crippen LogP contribution in [-0.4, -0.2) is 12.5 Å². The third kappa shape index (κ3) is 5.25. The molecule has 24 heavy (non-hydrogen) atoms. The van der Waals surface area contributed by atoms with Crippen LogP contribution in [0.25, 0.3) is 0 Å². The van der Waals surface area contributed by atoms with Crippen LogP contribution < -0.4 is 10.1 Å². The average Bonchev–Trinajstić information content (AvgIpc) is 2.58. The van der Waals surface area contributed by atoms with E-state index in [9.17, 15) is 4.79 Å². The van der Waals surface area contributed by atoms with Gasteiger partial charge in [-0.15, -0.1) is 0 Å². The third-order valence-corrected chi connectivity index (χ3v) is 4.58. The van der Waals surface area contributed by atoms with Gasteiger partial charge in [0.05, 0.1) is 5.02 Å². The van der Waals surface area contributed by atoms with E-state index in [0.29, 0.717) is 17.3 Å². The van der Waals surface area contributed by atoms with Crippen LogP contribution in [0.5, 0.6) is 5.75 Å². The van der Waals surface area contributed by atoms with Crippen molar-refractivity contribution in [3.05, 3.63) is 62.6 Å². The molecule has 0 aliphatic heterocycles. The predicted molar refractivity (Wildman–Crippen MR) is 102 cm³/mol. The molecule has 1 amide bonds. The highest BCUT2D eigenvalue weighted by Gasteiger charge is 2.08. The molecular weight excluding hydrogens is 390 g/mol. The highest BCUT2D eigenvalue weighted by atomic mass is 79.9. The number of benzene rings is 2. The first-order valence-electron chi connectivity index (χ1n) is 7.98. The van der Waals surface area contributed by atoms with Crippen molar-refractivity contribution in [2.75, 3.05) is 6.61 Å². The molecule has 2 aromatic rings. The number of amides is 1. The SMILES string of the molecule is CCc1ccc(CC)c(CNC(=O)COc2ccc(Br)cc2Cl)c1. The molecule has 2 aromatic carbocycles. The van der Waals surface area contributed by atoms with E-state index in [4.69, 9.17) is 16.3 Å². The van der Waals surface area contributed by atoms with E-state index in [1.54, 1.807) is 12.1 Å². The maximum atomic E-state index is 12.0. The van der Waals surface area contributed by atoms with Crippen molar-refractivity contribution in [1.29, 1.82) is 0 Å². The smallest absolute Gasteiger partial charge is 0.258 e. The van der Waals surface area contributed by atoms with Gasteiger partial charge in [-0.25, -0.2) is 0 Å². The van der Waals surface area contributed by atoms with Crippen LogP contribution in [-0.2, 0) is 24.2 Å². The lowest BCUT2D eigenvalue weighted by molar-refractivity contribution is -0.123. The Balaban J connectivity index is 1.91. The maximum absolute atomic E-state index is 12.0. The minimum atomic E-state index is -0.169. The van der Waals surface area contributed by atoms with E-state index in [0.717, 1.165) is 22.9 Å². The fourth-order valence-corrected chi connectivity index (χ4v) is 3.12. The normalized spacial score (nSPS) is 10.5. The maximum Gasteiger partial charge on any atom is 0.258 e. The molecule has 0 atom stereocenters. The molecule has 0 aromatic heterocycles. The first-order chi connectivity index (χ1) is 11.5. The van der Waals surface area contributed by atoms with Crippen LogP contribution >= 0.6 is 27.5 Å². The summed E-state index contributed by atoms with van der Waals surface area (Å²) in [6, 6.07) is 11.7. The molecule has 0 fully saturated rings. The summed E-state index contributed by atoms with van der Waals surface area (Å²) in [6.07, 6.45) is 1.93. The second kappa shape index (κ2) is 9.09. The zero-order valence-electron chi connectivity index (χ0n) is 13.9. The summed E-state index contributed by atoms with van der Waals surface area (Å²) in [5.41, 5.74) is 3.69. The van der Waals surface area contributed by atoms with Crippen LogP contribution in [0.3, 0.4) is 0 Å². The highest BCUT2D eigenvalue weighted by Crippen LogP contribution is 2.27. The molecule has 0 radical (unpaired) electrons. The average molecular weight is 411 g/mol. The zero-order chi connectivity index (χ0) is 17.5. The number of ether oxygens (including phenoxy) is 1. The van der Waals surface area contributed by atoms with Crippen LogP contribution in [0.1, 0.15) is 30.5 Å². The Morgan fingerprint density at radius 2 is 1.92 bits per heavy atom. The van der Waals surface area contributed by atoms with Crippen molar-refractivity contribution in [2.24, 2.45) is 0 Å². The Bertz CT molecular complexity index is 719. The Morgan fingerprint density at radius 3 is 2.58 bits per heavy atom. The van der Waals surface area contributed by atoms with Crippen LogP contribution in [0.2, 0.25) is 5.02 Å². The number of halogens is 2. The fourth-order valence-electron chi connectivity index (χ4n) is 2.39. The molecule has 0 heterocycles. The number of carbonyl (C=O) groups is 1. The molecule has 3 nitrogen and oxygen atoms in total. The van der Waals surface area contributed by atoms with Crippen molar-refractivity contribution in [2.45, 2.75) is 33.2 Å². The third-order valence-electron chi connectivity index (χ3n) is 3.79. The molecule has 0 aliphatic carbocycles. The second-order valence-electron chi connectivity index (χ2n) is 5.45. The molecule has 0 spiro atoms. The molecule has 128 valence electrons. The Kier molecular flexibility index (Phi) is 7.13. The molecule has 2 rings (SSSR count). The van der Waals surface area contributed by atoms with Gasteiger partial charge in [0.1, 0.15) is 5.75 Å². The van der Waals surface area contributed by atoms with Gasteiger partial charge in [-0.1, -0.05) is 59.6 Å². The summed E-state index contributed by atoms with van der Waals surface area (Å²) in [6.45, 7) is 4.69. The first-order valence-corrected chi connectivity index (χ1v) is 9.15. The summed E-state index contributed by atoms with van der Waals surface area (Å²) < 4.78 is 6.35. The number of rotatable bonds is 7. The molecule has 0 bridgehead atoms. The van der Waals surface area contributed by atoms with Crippen LogP contribution in [0.15, 0.2) is 40.9 Å².